The molecule has 0 heterocycles. The van der Waals surface area contributed by atoms with Crippen LogP contribution in [0.5, 0.6) is 0 Å². The van der Waals surface area contributed by atoms with Gasteiger partial charge in [0.15, 0.2) is 0 Å². The molecule has 4 rings (SSSR count). The van der Waals surface area contributed by atoms with E-state index in [1.165, 1.54) is 70.6 Å². The zero-order chi connectivity index (χ0) is 34.6. The molecule has 0 aromatic carbocycles. The van der Waals surface area contributed by atoms with Gasteiger partial charge in [-0.1, -0.05) is 122 Å². The van der Waals surface area contributed by atoms with E-state index in [-0.39, 0.29) is 12.1 Å². The summed E-state index contributed by atoms with van der Waals surface area (Å²) in [4.78, 5) is 12.8. The minimum atomic E-state index is 0.0385. The van der Waals surface area contributed by atoms with Crippen LogP contribution in [0.3, 0.4) is 0 Å². The monoisotopic (exact) mass is 661 g/mol. The van der Waals surface area contributed by atoms with E-state index in [1.807, 2.05) is 0 Å². The highest BCUT2D eigenvalue weighted by molar-refractivity contribution is 5.69. The first-order valence-electron chi connectivity index (χ1n) is 21.0. The Kier molecular flexibility index (Phi) is 15.6. The van der Waals surface area contributed by atoms with E-state index in [4.69, 9.17) is 4.74 Å². The number of carbonyl (C=O) groups excluding carboxylic acids is 1. The SMILES string of the molecule is CC/C=C/C/C=C/C/C=C/CCCCCCC(=O)OC1CCC2(C)C(=CCC3C2CCC2(C)C(C(C)CCC(CC)C(C)C)CCC32)C1. The average molecular weight is 661 g/mol. The maximum absolute atomic E-state index is 12.8. The summed E-state index contributed by atoms with van der Waals surface area (Å²) >= 11 is 0. The summed E-state index contributed by atoms with van der Waals surface area (Å²) in [6, 6.07) is 0. The first kappa shape index (κ1) is 39.2. The number of esters is 1. The van der Waals surface area contributed by atoms with Crippen LogP contribution in [0, 0.1) is 52.3 Å². The summed E-state index contributed by atoms with van der Waals surface area (Å²) in [5, 5.41) is 0. The van der Waals surface area contributed by atoms with E-state index in [0.29, 0.717) is 17.3 Å². The molecule has 0 bridgehead atoms. The summed E-state index contributed by atoms with van der Waals surface area (Å²) < 4.78 is 6.12. The van der Waals surface area contributed by atoms with E-state index in [2.05, 4.69) is 91.0 Å². The quantitative estimate of drug-likeness (QED) is 0.0783. The lowest BCUT2D eigenvalue weighted by Gasteiger charge is -2.58. The van der Waals surface area contributed by atoms with Crippen LogP contribution in [0.4, 0.5) is 0 Å². The van der Waals surface area contributed by atoms with Crippen molar-refractivity contribution < 1.29 is 9.53 Å². The lowest BCUT2D eigenvalue weighted by molar-refractivity contribution is -0.151. The minimum Gasteiger partial charge on any atom is -0.462 e. The maximum atomic E-state index is 12.8. The van der Waals surface area contributed by atoms with Gasteiger partial charge in [-0.25, -0.2) is 0 Å². The van der Waals surface area contributed by atoms with E-state index >= 15 is 0 Å². The topological polar surface area (TPSA) is 26.3 Å². The Balaban J connectivity index is 1.17. The molecule has 272 valence electrons. The van der Waals surface area contributed by atoms with Crippen LogP contribution >= 0.6 is 0 Å². The molecule has 4 aliphatic rings. The Bertz CT molecular complexity index is 1090. The van der Waals surface area contributed by atoms with Crippen LogP contribution in [-0.4, -0.2) is 12.1 Å². The van der Waals surface area contributed by atoms with Crippen molar-refractivity contribution in [3.05, 3.63) is 48.1 Å². The van der Waals surface area contributed by atoms with Crippen molar-refractivity contribution in [3.63, 3.8) is 0 Å². The Morgan fingerprint density at radius 1 is 0.854 bits per heavy atom. The Hall–Kier alpha value is -1.57. The number of ether oxygens (including phenoxy) is 1. The molecule has 0 aliphatic heterocycles. The van der Waals surface area contributed by atoms with Gasteiger partial charge in [0.05, 0.1) is 0 Å². The molecule has 2 nitrogen and oxygen atoms in total. The first-order chi connectivity index (χ1) is 23.1. The number of rotatable bonds is 19. The minimum absolute atomic E-state index is 0.0385. The second-order valence-electron chi connectivity index (χ2n) is 17.6. The molecule has 0 N–H and O–H groups in total. The van der Waals surface area contributed by atoms with Crippen LogP contribution in [0.2, 0.25) is 0 Å². The molecule has 9 unspecified atom stereocenters. The molecule has 0 aromatic rings. The predicted molar refractivity (Wildman–Crippen MR) is 207 cm³/mol. The molecular weight excluding hydrogens is 585 g/mol. The van der Waals surface area contributed by atoms with E-state index in [1.54, 1.807) is 5.57 Å². The van der Waals surface area contributed by atoms with Crippen molar-refractivity contribution >= 4 is 5.97 Å². The third-order valence-electron chi connectivity index (χ3n) is 14.4. The molecule has 4 aliphatic carbocycles. The molecule has 0 spiro atoms. The van der Waals surface area contributed by atoms with Crippen molar-refractivity contribution in [2.75, 3.05) is 0 Å². The normalized spacial score (nSPS) is 33.2. The smallest absolute Gasteiger partial charge is 0.306 e. The first-order valence-corrected chi connectivity index (χ1v) is 21.0. The number of hydrogen-bond acceptors (Lipinski definition) is 2. The largest absolute Gasteiger partial charge is 0.462 e. The van der Waals surface area contributed by atoms with Crippen LogP contribution in [0.1, 0.15) is 177 Å². The summed E-state index contributed by atoms with van der Waals surface area (Å²) in [5.41, 5.74) is 2.49. The summed E-state index contributed by atoms with van der Waals surface area (Å²) in [6.45, 7) is 17.3. The fourth-order valence-corrected chi connectivity index (χ4v) is 11.3. The molecular formula is C46H76O2. The van der Waals surface area contributed by atoms with E-state index in [0.717, 1.165) is 92.8 Å². The van der Waals surface area contributed by atoms with Crippen molar-refractivity contribution in [1.82, 2.24) is 0 Å². The van der Waals surface area contributed by atoms with Crippen molar-refractivity contribution in [1.29, 1.82) is 0 Å². The zero-order valence-electron chi connectivity index (χ0n) is 32.6. The number of carbonyl (C=O) groups is 1. The van der Waals surface area contributed by atoms with Gasteiger partial charge in [0.1, 0.15) is 6.10 Å². The molecule has 3 saturated carbocycles. The van der Waals surface area contributed by atoms with Crippen LogP contribution in [0.15, 0.2) is 48.1 Å². The number of fused-ring (bicyclic) bond motifs is 5. The molecule has 0 saturated heterocycles. The molecule has 48 heavy (non-hydrogen) atoms. The van der Waals surface area contributed by atoms with Crippen molar-refractivity contribution in [2.24, 2.45) is 52.3 Å². The van der Waals surface area contributed by atoms with Crippen molar-refractivity contribution in [2.45, 2.75) is 183 Å². The summed E-state index contributed by atoms with van der Waals surface area (Å²) in [6.07, 6.45) is 40.1. The Morgan fingerprint density at radius 2 is 1.58 bits per heavy atom. The van der Waals surface area contributed by atoms with Gasteiger partial charge in [0.25, 0.3) is 0 Å². The van der Waals surface area contributed by atoms with Gasteiger partial charge in [0.2, 0.25) is 0 Å². The predicted octanol–water partition coefficient (Wildman–Crippen LogP) is 13.8. The third-order valence-corrected chi connectivity index (χ3v) is 14.4. The van der Waals surface area contributed by atoms with Gasteiger partial charge in [-0.2, -0.15) is 0 Å². The molecule has 0 radical (unpaired) electrons. The highest BCUT2D eigenvalue weighted by atomic mass is 16.5. The number of allylic oxidation sites excluding steroid dienone is 7. The number of hydrogen-bond donors (Lipinski definition) is 0. The van der Waals surface area contributed by atoms with Gasteiger partial charge < -0.3 is 4.74 Å². The van der Waals surface area contributed by atoms with E-state index < -0.39 is 0 Å². The second-order valence-corrected chi connectivity index (χ2v) is 17.6. The Labute approximate surface area is 298 Å². The standard InChI is InChI=1S/C46H76O2/c1-8-10-11-12-13-14-15-16-17-18-19-20-21-22-23-44(47)48-39-30-32-45(6)38(34-39)26-27-40-42-29-28-41(46(42,7)33-31-43(40)45)36(5)24-25-37(9-2)35(3)4/h10-11,13-14,16-17,26,35-37,39-43H,8-9,12,15,18-25,27-34H2,1-7H3/b11-10+,14-13+,17-16+. The van der Waals surface area contributed by atoms with Gasteiger partial charge in [-0.05, 0) is 142 Å². The lowest BCUT2D eigenvalue weighted by Crippen LogP contribution is -2.51. The maximum Gasteiger partial charge on any atom is 0.306 e. The molecule has 3 fully saturated rings. The lowest BCUT2D eigenvalue weighted by atomic mass is 9.47. The highest BCUT2D eigenvalue weighted by Gasteiger charge is 2.59. The molecule has 2 heteroatoms. The number of unbranched alkanes of at least 4 members (excludes halogenated alkanes) is 4. The van der Waals surface area contributed by atoms with E-state index in [9.17, 15) is 4.79 Å². The fourth-order valence-electron chi connectivity index (χ4n) is 11.3. The Morgan fingerprint density at radius 3 is 2.31 bits per heavy atom. The van der Waals surface area contributed by atoms with Crippen molar-refractivity contribution in [3.8, 4) is 0 Å². The molecule has 0 aromatic heterocycles. The summed E-state index contributed by atoms with van der Waals surface area (Å²) in [5.74, 6) is 6.10. The molecule has 9 atom stereocenters. The van der Waals surface area contributed by atoms with Gasteiger partial charge in [-0.3, -0.25) is 4.79 Å². The van der Waals surface area contributed by atoms with Gasteiger partial charge in [-0.15, -0.1) is 0 Å². The summed E-state index contributed by atoms with van der Waals surface area (Å²) in [7, 11) is 0. The highest BCUT2D eigenvalue weighted by Crippen LogP contribution is 2.67. The average Bonchev–Trinajstić information content (AvgIpc) is 3.42. The molecule has 0 amide bonds. The van der Waals surface area contributed by atoms with Crippen LogP contribution in [0.25, 0.3) is 0 Å². The van der Waals surface area contributed by atoms with Crippen LogP contribution < -0.4 is 0 Å². The van der Waals surface area contributed by atoms with Gasteiger partial charge in [0, 0.05) is 12.8 Å². The third kappa shape index (κ3) is 10.0. The fraction of sp³-hybridized carbons (Fsp3) is 0.804. The zero-order valence-corrected chi connectivity index (χ0v) is 32.6. The van der Waals surface area contributed by atoms with Gasteiger partial charge >= 0.3 is 5.97 Å². The second kappa shape index (κ2) is 19.2. The van der Waals surface area contributed by atoms with Crippen LogP contribution in [-0.2, 0) is 9.53 Å².